The molecule has 0 fully saturated rings. The summed E-state index contributed by atoms with van der Waals surface area (Å²) in [4.78, 5) is 40.0. The molecule has 1 aromatic carbocycles. The maximum Gasteiger partial charge on any atom is 0.338 e. The molecule has 0 aliphatic rings. The second kappa shape index (κ2) is 7.16. The van der Waals surface area contributed by atoms with Crippen LogP contribution in [0.1, 0.15) is 29.8 Å². The Bertz CT molecular complexity index is 952. The number of aromatic nitrogens is 2. The SMILES string of the molecule is CCOC(=O)c1ccc(N=C(C)c2c(O)n(C)c(=O)n(C)c2=O)cc1. The van der Waals surface area contributed by atoms with Crippen LogP contribution >= 0.6 is 0 Å². The van der Waals surface area contributed by atoms with E-state index in [1.54, 1.807) is 38.1 Å². The highest BCUT2D eigenvalue weighted by Crippen LogP contribution is 2.17. The highest BCUT2D eigenvalue weighted by atomic mass is 16.5. The zero-order valence-electron chi connectivity index (χ0n) is 14.4. The lowest BCUT2D eigenvalue weighted by molar-refractivity contribution is 0.0526. The predicted octanol–water partition coefficient (Wildman–Crippen LogP) is 1.11. The summed E-state index contributed by atoms with van der Waals surface area (Å²) in [6, 6.07) is 6.31. The number of ether oxygens (including phenoxy) is 1. The summed E-state index contributed by atoms with van der Waals surface area (Å²) in [6.45, 7) is 3.56. The molecule has 25 heavy (non-hydrogen) atoms. The zero-order chi connectivity index (χ0) is 18.7. The third-order valence-electron chi connectivity index (χ3n) is 3.67. The number of hydrogen-bond donors (Lipinski definition) is 1. The summed E-state index contributed by atoms with van der Waals surface area (Å²) in [7, 11) is 2.69. The molecule has 1 N–H and O–H groups in total. The summed E-state index contributed by atoms with van der Waals surface area (Å²) in [5, 5.41) is 10.1. The number of carbonyl (C=O) groups is 1. The van der Waals surface area contributed by atoms with Gasteiger partial charge in [0.2, 0.25) is 5.88 Å². The molecule has 0 aliphatic heterocycles. The van der Waals surface area contributed by atoms with Crippen molar-refractivity contribution < 1.29 is 14.6 Å². The van der Waals surface area contributed by atoms with Crippen molar-refractivity contribution in [3.8, 4) is 5.88 Å². The summed E-state index contributed by atoms with van der Waals surface area (Å²) >= 11 is 0. The Labute approximate surface area is 143 Å². The Morgan fingerprint density at radius 1 is 1.16 bits per heavy atom. The average molecular weight is 345 g/mol. The van der Waals surface area contributed by atoms with Crippen molar-refractivity contribution >= 4 is 17.4 Å². The van der Waals surface area contributed by atoms with Gasteiger partial charge in [0, 0.05) is 14.1 Å². The minimum atomic E-state index is -0.634. The van der Waals surface area contributed by atoms with Gasteiger partial charge >= 0.3 is 11.7 Å². The molecule has 0 atom stereocenters. The van der Waals surface area contributed by atoms with Gasteiger partial charge < -0.3 is 9.84 Å². The molecule has 0 amide bonds. The molecule has 0 saturated heterocycles. The maximum atomic E-state index is 12.3. The van der Waals surface area contributed by atoms with Crippen molar-refractivity contribution in [3.63, 3.8) is 0 Å². The van der Waals surface area contributed by atoms with Crippen molar-refractivity contribution in [2.24, 2.45) is 19.1 Å². The Morgan fingerprint density at radius 2 is 1.76 bits per heavy atom. The lowest BCUT2D eigenvalue weighted by Gasteiger charge is -2.10. The van der Waals surface area contributed by atoms with Crippen LogP contribution in [-0.4, -0.2) is 32.5 Å². The Kier molecular flexibility index (Phi) is 5.21. The van der Waals surface area contributed by atoms with Crippen LogP contribution in [0.3, 0.4) is 0 Å². The molecule has 0 aliphatic carbocycles. The van der Waals surface area contributed by atoms with E-state index in [1.165, 1.54) is 14.1 Å². The molecule has 8 heteroatoms. The van der Waals surface area contributed by atoms with Crippen LogP contribution in [0.25, 0.3) is 0 Å². The van der Waals surface area contributed by atoms with Gasteiger partial charge in [-0.2, -0.15) is 0 Å². The third kappa shape index (κ3) is 3.52. The van der Waals surface area contributed by atoms with E-state index in [1.807, 2.05) is 0 Å². The number of benzene rings is 1. The van der Waals surface area contributed by atoms with Crippen LogP contribution in [-0.2, 0) is 18.8 Å². The smallest absolute Gasteiger partial charge is 0.338 e. The molecule has 0 saturated carbocycles. The fourth-order valence-corrected chi connectivity index (χ4v) is 2.29. The molecule has 0 radical (unpaired) electrons. The molecule has 0 spiro atoms. The highest BCUT2D eigenvalue weighted by molar-refractivity contribution is 6.01. The van der Waals surface area contributed by atoms with Gasteiger partial charge in [0.15, 0.2) is 0 Å². The number of carbonyl (C=O) groups excluding carboxylic acids is 1. The Balaban J connectivity index is 2.45. The molecule has 1 aromatic heterocycles. The summed E-state index contributed by atoms with van der Waals surface area (Å²) < 4.78 is 6.78. The van der Waals surface area contributed by atoms with E-state index in [9.17, 15) is 19.5 Å². The van der Waals surface area contributed by atoms with Gasteiger partial charge in [0.1, 0.15) is 5.56 Å². The van der Waals surface area contributed by atoms with E-state index >= 15 is 0 Å². The van der Waals surface area contributed by atoms with Gasteiger partial charge in [-0.1, -0.05) is 0 Å². The second-order valence-corrected chi connectivity index (χ2v) is 5.37. The minimum absolute atomic E-state index is 0.0564. The fourth-order valence-electron chi connectivity index (χ4n) is 2.29. The molecule has 2 rings (SSSR count). The van der Waals surface area contributed by atoms with Gasteiger partial charge in [0.05, 0.1) is 23.6 Å². The van der Waals surface area contributed by atoms with E-state index < -0.39 is 23.1 Å². The predicted molar refractivity (Wildman–Crippen MR) is 92.9 cm³/mol. The Hall–Kier alpha value is -3.16. The molecule has 132 valence electrons. The van der Waals surface area contributed by atoms with Crippen molar-refractivity contribution in [1.82, 2.24) is 9.13 Å². The standard InChI is InChI=1S/C17H19N3O5/c1-5-25-16(23)11-6-8-12(9-7-11)18-10(2)13-14(21)19(3)17(24)20(4)15(13)22/h6-9,21H,5H2,1-4H3. The fraction of sp³-hybridized carbons (Fsp3) is 0.294. The first kappa shape index (κ1) is 18.2. The van der Waals surface area contributed by atoms with Crippen molar-refractivity contribution in [3.05, 3.63) is 56.2 Å². The molecule has 0 unspecified atom stereocenters. The van der Waals surface area contributed by atoms with E-state index in [0.717, 1.165) is 9.13 Å². The molecule has 2 aromatic rings. The van der Waals surface area contributed by atoms with Gasteiger partial charge in [0.25, 0.3) is 5.56 Å². The average Bonchev–Trinajstić information content (AvgIpc) is 2.59. The van der Waals surface area contributed by atoms with E-state index in [-0.39, 0.29) is 17.9 Å². The van der Waals surface area contributed by atoms with Crippen molar-refractivity contribution in [1.29, 1.82) is 0 Å². The maximum absolute atomic E-state index is 12.3. The van der Waals surface area contributed by atoms with E-state index in [0.29, 0.717) is 11.3 Å². The summed E-state index contributed by atoms with van der Waals surface area (Å²) in [5.41, 5.74) is -0.195. The largest absolute Gasteiger partial charge is 0.494 e. The Morgan fingerprint density at radius 3 is 2.32 bits per heavy atom. The molecular formula is C17H19N3O5. The highest BCUT2D eigenvalue weighted by Gasteiger charge is 2.17. The van der Waals surface area contributed by atoms with E-state index in [4.69, 9.17) is 4.74 Å². The number of aromatic hydroxyl groups is 1. The van der Waals surface area contributed by atoms with Crippen molar-refractivity contribution in [2.75, 3.05) is 6.61 Å². The molecular weight excluding hydrogens is 326 g/mol. The molecule has 1 heterocycles. The topological polar surface area (TPSA) is 103 Å². The third-order valence-corrected chi connectivity index (χ3v) is 3.67. The van der Waals surface area contributed by atoms with Crippen LogP contribution < -0.4 is 11.2 Å². The minimum Gasteiger partial charge on any atom is -0.494 e. The van der Waals surface area contributed by atoms with Gasteiger partial charge in [-0.25, -0.2) is 9.59 Å². The number of aliphatic imine (C=N–C) groups is 1. The lowest BCUT2D eigenvalue weighted by atomic mass is 10.2. The molecule has 8 nitrogen and oxygen atoms in total. The van der Waals surface area contributed by atoms with Crippen LogP contribution in [0.15, 0.2) is 38.8 Å². The van der Waals surface area contributed by atoms with Gasteiger partial charge in [-0.15, -0.1) is 0 Å². The first-order chi connectivity index (χ1) is 11.8. The van der Waals surface area contributed by atoms with Crippen LogP contribution in [0.2, 0.25) is 0 Å². The van der Waals surface area contributed by atoms with Gasteiger partial charge in [-0.05, 0) is 38.1 Å². The number of esters is 1. The zero-order valence-corrected chi connectivity index (χ0v) is 14.4. The molecule has 0 bridgehead atoms. The van der Waals surface area contributed by atoms with Crippen LogP contribution in [0.4, 0.5) is 5.69 Å². The first-order valence-corrected chi connectivity index (χ1v) is 7.59. The number of nitrogens with zero attached hydrogens (tertiary/aromatic N) is 3. The second-order valence-electron chi connectivity index (χ2n) is 5.37. The normalized spacial score (nSPS) is 11.4. The summed E-state index contributed by atoms with van der Waals surface area (Å²) in [5.74, 6) is -0.878. The van der Waals surface area contributed by atoms with Crippen LogP contribution in [0.5, 0.6) is 5.88 Å². The first-order valence-electron chi connectivity index (χ1n) is 7.59. The quantitative estimate of drug-likeness (QED) is 0.660. The summed E-state index contributed by atoms with van der Waals surface area (Å²) in [6.07, 6.45) is 0. The van der Waals surface area contributed by atoms with Crippen LogP contribution in [0, 0.1) is 0 Å². The monoisotopic (exact) mass is 345 g/mol. The van der Waals surface area contributed by atoms with Crippen molar-refractivity contribution in [2.45, 2.75) is 13.8 Å². The number of hydrogen-bond acceptors (Lipinski definition) is 6. The van der Waals surface area contributed by atoms with Gasteiger partial charge in [-0.3, -0.25) is 18.9 Å². The lowest BCUT2D eigenvalue weighted by Crippen LogP contribution is -2.39. The van der Waals surface area contributed by atoms with E-state index in [2.05, 4.69) is 4.99 Å². The number of rotatable bonds is 4.